The molecule has 5 rings (SSSR count). The monoisotopic (exact) mass is 467 g/mol. The number of thiophene rings is 1. The van der Waals surface area contributed by atoms with Crippen LogP contribution in [0.25, 0.3) is 21.8 Å². The number of aromatic amines is 1. The average molecular weight is 468 g/mol. The predicted octanol–water partition coefficient (Wildman–Crippen LogP) is 5.74. The van der Waals surface area contributed by atoms with E-state index in [0.717, 1.165) is 25.2 Å². The number of aromatic nitrogens is 2. The number of halogens is 3. The third-order valence-electron chi connectivity index (χ3n) is 5.74. The molecule has 3 heterocycles. The van der Waals surface area contributed by atoms with E-state index in [2.05, 4.69) is 39.1 Å². The van der Waals surface area contributed by atoms with E-state index >= 15 is 0 Å². The molecule has 0 unspecified atom stereocenters. The quantitative estimate of drug-likeness (QED) is 0.416. The Morgan fingerprint density at radius 3 is 2.45 bits per heavy atom. The maximum absolute atomic E-state index is 12.9. The standard InChI is InChI=1S/C25H20F3N3OS/c26-25(27,28)18-8-6-17(7-9-18)23-29-21-15-31(13-12-20(21)24(32)30-23)14-19-10-11-22(33-19)16-4-2-1-3-5-16/h1-11H,12-15H2,(H,29,30,32). The van der Waals surface area contributed by atoms with Crippen molar-refractivity contribution in [3.63, 3.8) is 0 Å². The summed E-state index contributed by atoms with van der Waals surface area (Å²) in [5.41, 5.74) is 2.01. The fourth-order valence-electron chi connectivity index (χ4n) is 4.02. The molecule has 4 nitrogen and oxygen atoms in total. The summed E-state index contributed by atoms with van der Waals surface area (Å²) in [5, 5.41) is 0. The number of hydrogen-bond donors (Lipinski definition) is 1. The van der Waals surface area contributed by atoms with E-state index < -0.39 is 11.7 Å². The normalized spacial score (nSPS) is 14.3. The molecule has 0 amide bonds. The van der Waals surface area contributed by atoms with Crippen LogP contribution >= 0.6 is 11.3 Å². The molecule has 1 aliphatic rings. The Kier molecular flexibility index (Phi) is 5.64. The van der Waals surface area contributed by atoms with E-state index in [1.807, 2.05) is 18.2 Å². The second-order valence-corrected chi connectivity index (χ2v) is 9.18. The van der Waals surface area contributed by atoms with Crippen molar-refractivity contribution in [3.05, 3.63) is 98.8 Å². The van der Waals surface area contributed by atoms with Gasteiger partial charge < -0.3 is 4.98 Å². The summed E-state index contributed by atoms with van der Waals surface area (Å²) in [7, 11) is 0. The Bertz CT molecular complexity index is 1330. The first-order chi connectivity index (χ1) is 15.9. The Balaban J connectivity index is 1.35. The van der Waals surface area contributed by atoms with Crippen LogP contribution in [-0.2, 0) is 25.7 Å². The summed E-state index contributed by atoms with van der Waals surface area (Å²) in [6, 6.07) is 19.1. The number of nitrogens with zero attached hydrogens (tertiary/aromatic N) is 2. The lowest BCUT2D eigenvalue weighted by atomic mass is 10.1. The second kappa shape index (κ2) is 8.61. The molecule has 33 heavy (non-hydrogen) atoms. The van der Waals surface area contributed by atoms with Crippen molar-refractivity contribution in [2.75, 3.05) is 6.54 Å². The minimum Gasteiger partial charge on any atom is -0.306 e. The Hall–Kier alpha value is -3.23. The number of rotatable bonds is 4. The van der Waals surface area contributed by atoms with Crippen LogP contribution in [0.15, 0.2) is 71.5 Å². The van der Waals surface area contributed by atoms with Gasteiger partial charge in [-0.2, -0.15) is 13.2 Å². The molecule has 2 aromatic carbocycles. The van der Waals surface area contributed by atoms with Gasteiger partial charge in [-0.1, -0.05) is 42.5 Å². The van der Waals surface area contributed by atoms with E-state index in [0.29, 0.717) is 29.8 Å². The van der Waals surface area contributed by atoms with E-state index in [1.54, 1.807) is 11.3 Å². The van der Waals surface area contributed by atoms with Crippen molar-refractivity contribution >= 4 is 11.3 Å². The minimum absolute atomic E-state index is 0.225. The summed E-state index contributed by atoms with van der Waals surface area (Å²) in [5.74, 6) is 0.289. The van der Waals surface area contributed by atoms with Crippen molar-refractivity contribution in [1.82, 2.24) is 14.9 Å². The molecule has 1 N–H and O–H groups in total. The number of nitrogens with one attached hydrogen (secondary N) is 1. The minimum atomic E-state index is -4.40. The molecule has 168 valence electrons. The Labute approximate surface area is 192 Å². The van der Waals surface area contributed by atoms with Gasteiger partial charge in [-0.15, -0.1) is 11.3 Å². The van der Waals surface area contributed by atoms with Gasteiger partial charge in [-0.05, 0) is 36.2 Å². The summed E-state index contributed by atoms with van der Waals surface area (Å²) in [6.07, 6.45) is -3.82. The zero-order valence-corrected chi connectivity index (χ0v) is 18.3. The molecule has 0 aliphatic carbocycles. The van der Waals surface area contributed by atoms with E-state index in [1.165, 1.54) is 27.5 Å². The van der Waals surface area contributed by atoms with Gasteiger partial charge in [0.2, 0.25) is 0 Å². The van der Waals surface area contributed by atoms with Crippen LogP contribution < -0.4 is 5.56 Å². The molecule has 0 bridgehead atoms. The summed E-state index contributed by atoms with van der Waals surface area (Å²) in [4.78, 5) is 24.6. The zero-order chi connectivity index (χ0) is 23.0. The molecule has 0 saturated carbocycles. The topological polar surface area (TPSA) is 49.0 Å². The van der Waals surface area contributed by atoms with Crippen LogP contribution in [0.4, 0.5) is 13.2 Å². The molecule has 0 spiro atoms. The first-order valence-electron chi connectivity index (χ1n) is 10.5. The van der Waals surface area contributed by atoms with Gasteiger partial charge in [0.1, 0.15) is 5.82 Å². The lowest BCUT2D eigenvalue weighted by Gasteiger charge is -2.27. The Morgan fingerprint density at radius 1 is 0.970 bits per heavy atom. The number of alkyl halides is 3. The van der Waals surface area contributed by atoms with Crippen molar-refractivity contribution < 1.29 is 13.2 Å². The fourth-order valence-corrected chi connectivity index (χ4v) is 5.08. The smallest absolute Gasteiger partial charge is 0.306 e. The summed E-state index contributed by atoms with van der Waals surface area (Å²) < 4.78 is 38.6. The average Bonchev–Trinajstić information content (AvgIpc) is 3.27. The van der Waals surface area contributed by atoms with Crippen LogP contribution in [0.5, 0.6) is 0 Å². The van der Waals surface area contributed by atoms with Crippen molar-refractivity contribution in [1.29, 1.82) is 0 Å². The highest BCUT2D eigenvalue weighted by Crippen LogP contribution is 2.31. The van der Waals surface area contributed by atoms with Crippen LogP contribution in [0.3, 0.4) is 0 Å². The summed E-state index contributed by atoms with van der Waals surface area (Å²) in [6.45, 7) is 2.02. The van der Waals surface area contributed by atoms with E-state index in [-0.39, 0.29) is 11.4 Å². The molecule has 8 heteroatoms. The molecule has 4 aromatic rings. The molecular weight excluding hydrogens is 447 g/mol. The highest BCUT2D eigenvalue weighted by atomic mass is 32.1. The molecule has 0 atom stereocenters. The molecular formula is C25H20F3N3OS. The zero-order valence-electron chi connectivity index (χ0n) is 17.5. The van der Waals surface area contributed by atoms with Crippen LogP contribution in [0.1, 0.15) is 21.7 Å². The van der Waals surface area contributed by atoms with Gasteiger partial charge in [-0.3, -0.25) is 9.69 Å². The van der Waals surface area contributed by atoms with Crippen molar-refractivity contribution in [3.8, 4) is 21.8 Å². The molecule has 0 saturated heterocycles. The number of hydrogen-bond acceptors (Lipinski definition) is 4. The highest BCUT2D eigenvalue weighted by Gasteiger charge is 2.30. The molecule has 2 aromatic heterocycles. The summed E-state index contributed by atoms with van der Waals surface area (Å²) >= 11 is 1.75. The molecule has 0 radical (unpaired) electrons. The van der Waals surface area contributed by atoms with Gasteiger partial charge in [-0.25, -0.2) is 4.98 Å². The van der Waals surface area contributed by atoms with Gasteiger partial charge in [0.25, 0.3) is 5.56 Å². The van der Waals surface area contributed by atoms with Crippen LogP contribution in [0.2, 0.25) is 0 Å². The highest BCUT2D eigenvalue weighted by molar-refractivity contribution is 7.15. The Morgan fingerprint density at radius 2 is 1.73 bits per heavy atom. The first kappa shape index (κ1) is 21.6. The van der Waals surface area contributed by atoms with Crippen LogP contribution in [-0.4, -0.2) is 21.4 Å². The van der Waals surface area contributed by atoms with Gasteiger partial charge in [0.15, 0.2) is 0 Å². The van der Waals surface area contributed by atoms with E-state index in [9.17, 15) is 18.0 Å². The van der Waals surface area contributed by atoms with Crippen molar-refractivity contribution in [2.45, 2.75) is 25.7 Å². The second-order valence-electron chi connectivity index (χ2n) is 8.01. The van der Waals surface area contributed by atoms with Crippen molar-refractivity contribution in [2.24, 2.45) is 0 Å². The first-order valence-corrected chi connectivity index (χ1v) is 11.3. The lowest BCUT2D eigenvalue weighted by molar-refractivity contribution is -0.137. The molecule has 1 aliphatic heterocycles. The maximum Gasteiger partial charge on any atom is 0.416 e. The van der Waals surface area contributed by atoms with E-state index in [4.69, 9.17) is 0 Å². The van der Waals surface area contributed by atoms with Gasteiger partial charge in [0, 0.05) is 40.5 Å². The molecule has 0 fully saturated rings. The number of H-pyrrole nitrogens is 1. The van der Waals surface area contributed by atoms with Gasteiger partial charge in [0.05, 0.1) is 11.3 Å². The fraction of sp³-hybridized carbons (Fsp3) is 0.200. The largest absolute Gasteiger partial charge is 0.416 e. The third-order valence-corrected chi connectivity index (χ3v) is 6.86. The SMILES string of the molecule is O=c1[nH]c(-c2ccc(C(F)(F)F)cc2)nc2c1CCN(Cc1ccc(-c3ccccc3)s1)C2. The van der Waals surface area contributed by atoms with Crippen LogP contribution in [0, 0.1) is 0 Å². The predicted molar refractivity (Wildman–Crippen MR) is 123 cm³/mol. The number of benzene rings is 2. The lowest BCUT2D eigenvalue weighted by Crippen LogP contribution is -2.34. The third kappa shape index (κ3) is 4.62. The maximum atomic E-state index is 12.9. The number of fused-ring (bicyclic) bond motifs is 1. The van der Waals surface area contributed by atoms with Gasteiger partial charge >= 0.3 is 6.18 Å².